The number of para-hydroxylation sites is 1. The Morgan fingerprint density at radius 1 is 1.00 bits per heavy atom. The molecule has 0 aromatic heterocycles. The van der Waals surface area contributed by atoms with Gasteiger partial charge in [-0.15, -0.1) is 0 Å². The predicted molar refractivity (Wildman–Crippen MR) is 123 cm³/mol. The van der Waals surface area contributed by atoms with Crippen molar-refractivity contribution in [3.63, 3.8) is 0 Å². The van der Waals surface area contributed by atoms with Crippen molar-refractivity contribution >= 4 is 27.6 Å². The molecule has 1 heterocycles. The van der Waals surface area contributed by atoms with Crippen molar-refractivity contribution in [2.75, 3.05) is 30.5 Å². The van der Waals surface area contributed by atoms with Crippen LogP contribution in [0.1, 0.15) is 49.4 Å². The SMILES string of the molecule is CCCCN(c1ccccc1)S(=O)(=O)c1cccc(C(=O)OCC(=O)N2CCCCC2)c1. The minimum atomic E-state index is -3.88. The number of nitrogens with zero attached hydrogens (tertiary/aromatic N) is 2. The molecule has 0 aliphatic carbocycles. The molecule has 172 valence electrons. The second kappa shape index (κ2) is 11.1. The van der Waals surface area contributed by atoms with Gasteiger partial charge >= 0.3 is 5.97 Å². The summed E-state index contributed by atoms with van der Waals surface area (Å²) in [5.41, 5.74) is 0.669. The van der Waals surface area contributed by atoms with E-state index < -0.39 is 16.0 Å². The molecule has 3 rings (SSSR count). The Morgan fingerprint density at radius 2 is 1.72 bits per heavy atom. The van der Waals surface area contributed by atoms with Gasteiger partial charge in [-0.2, -0.15) is 0 Å². The van der Waals surface area contributed by atoms with Gasteiger partial charge in [0.15, 0.2) is 6.61 Å². The maximum atomic E-state index is 13.4. The van der Waals surface area contributed by atoms with E-state index in [2.05, 4.69) is 0 Å². The van der Waals surface area contributed by atoms with Crippen LogP contribution in [0.25, 0.3) is 0 Å². The number of sulfonamides is 1. The van der Waals surface area contributed by atoms with Gasteiger partial charge < -0.3 is 9.64 Å². The van der Waals surface area contributed by atoms with Gasteiger partial charge in [0.2, 0.25) is 0 Å². The average molecular weight is 459 g/mol. The number of carbonyl (C=O) groups is 2. The van der Waals surface area contributed by atoms with E-state index in [1.54, 1.807) is 29.2 Å². The highest BCUT2D eigenvalue weighted by Gasteiger charge is 2.26. The van der Waals surface area contributed by atoms with Gasteiger partial charge in [-0.25, -0.2) is 13.2 Å². The van der Waals surface area contributed by atoms with E-state index in [1.165, 1.54) is 28.6 Å². The van der Waals surface area contributed by atoms with Crippen LogP contribution in [0.2, 0.25) is 0 Å². The number of carbonyl (C=O) groups excluding carboxylic acids is 2. The molecule has 0 unspecified atom stereocenters. The van der Waals surface area contributed by atoms with Crippen molar-refractivity contribution in [2.45, 2.75) is 43.9 Å². The van der Waals surface area contributed by atoms with Crippen LogP contribution in [0.3, 0.4) is 0 Å². The summed E-state index contributed by atoms with van der Waals surface area (Å²) in [6, 6.07) is 14.7. The fraction of sp³-hybridized carbons (Fsp3) is 0.417. The molecule has 0 atom stereocenters. The topological polar surface area (TPSA) is 84.0 Å². The van der Waals surface area contributed by atoms with E-state index in [0.717, 1.165) is 25.7 Å². The van der Waals surface area contributed by atoms with E-state index in [9.17, 15) is 18.0 Å². The Kier molecular flexibility index (Phi) is 8.27. The number of ether oxygens (including phenoxy) is 1. The van der Waals surface area contributed by atoms with Crippen molar-refractivity contribution in [2.24, 2.45) is 0 Å². The minimum absolute atomic E-state index is 0.00858. The maximum absolute atomic E-state index is 13.4. The Morgan fingerprint density at radius 3 is 2.41 bits per heavy atom. The van der Waals surface area contributed by atoms with Gasteiger partial charge in [0.1, 0.15) is 0 Å². The number of hydrogen-bond acceptors (Lipinski definition) is 5. The molecule has 1 saturated heterocycles. The molecule has 7 nitrogen and oxygen atoms in total. The summed E-state index contributed by atoms with van der Waals surface area (Å²) in [4.78, 5) is 26.5. The Bertz CT molecular complexity index is 1020. The molecule has 1 aliphatic rings. The Hall–Kier alpha value is -2.87. The molecule has 32 heavy (non-hydrogen) atoms. The lowest BCUT2D eigenvalue weighted by molar-refractivity contribution is -0.135. The van der Waals surface area contributed by atoms with Crippen LogP contribution >= 0.6 is 0 Å². The predicted octanol–water partition coefficient (Wildman–Crippen LogP) is 3.85. The number of piperidine rings is 1. The molecule has 1 amide bonds. The number of rotatable bonds is 9. The number of unbranched alkanes of at least 4 members (excludes halogenated alkanes) is 1. The highest BCUT2D eigenvalue weighted by atomic mass is 32.2. The average Bonchev–Trinajstić information content (AvgIpc) is 2.83. The van der Waals surface area contributed by atoms with Crippen LogP contribution in [0.15, 0.2) is 59.5 Å². The van der Waals surface area contributed by atoms with E-state index >= 15 is 0 Å². The minimum Gasteiger partial charge on any atom is -0.452 e. The number of hydrogen-bond donors (Lipinski definition) is 0. The number of likely N-dealkylation sites (tertiary alicyclic amines) is 1. The summed E-state index contributed by atoms with van der Waals surface area (Å²) in [6.07, 6.45) is 4.55. The van der Waals surface area contributed by atoms with Gasteiger partial charge in [-0.3, -0.25) is 9.10 Å². The third kappa shape index (κ3) is 5.88. The number of esters is 1. The van der Waals surface area contributed by atoms with Gasteiger partial charge in [-0.1, -0.05) is 37.6 Å². The fourth-order valence-corrected chi connectivity index (χ4v) is 5.19. The van der Waals surface area contributed by atoms with Gasteiger partial charge in [0.25, 0.3) is 15.9 Å². The first-order chi connectivity index (χ1) is 15.4. The standard InChI is InChI=1S/C24H30N2O5S/c1-2-3-17-26(21-12-6-4-7-13-21)32(29,30)22-14-10-11-20(18-22)24(28)31-19-23(27)25-15-8-5-9-16-25/h4,6-7,10-14,18H,2-3,5,8-9,15-17,19H2,1H3. The molecule has 2 aromatic carbocycles. The van der Waals surface area contributed by atoms with Crippen molar-refractivity contribution in [1.82, 2.24) is 4.90 Å². The lowest BCUT2D eigenvalue weighted by Gasteiger charge is -2.26. The second-order valence-corrected chi connectivity index (χ2v) is 9.67. The zero-order valence-corrected chi connectivity index (χ0v) is 19.2. The maximum Gasteiger partial charge on any atom is 0.338 e. The summed E-state index contributed by atoms with van der Waals surface area (Å²) < 4.78 is 33.3. The van der Waals surface area contributed by atoms with Crippen LogP contribution in [0.5, 0.6) is 0 Å². The van der Waals surface area contributed by atoms with Gasteiger partial charge in [-0.05, 0) is 56.0 Å². The van der Waals surface area contributed by atoms with Crippen LogP contribution in [-0.4, -0.2) is 51.4 Å². The molecule has 2 aromatic rings. The number of anilines is 1. The van der Waals surface area contributed by atoms with Crippen molar-refractivity contribution in [3.8, 4) is 0 Å². The largest absolute Gasteiger partial charge is 0.452 e. The van der Waals surface area contributed by atoms with Crippen molar-refractivity contribution < 1.29 is 22.7 Å². The zero-order chi connectivity index (χ0) is 23.0. The molecular weight excluding hydrogens is 428 g/mol. The highest BCUT2D eigenvalue weighted by Crippen LogP contribution is 2.25. The molecule has 8 heteroatoms. The fourth-order valence-electron chi connectivity index (χ4n) is 3.64. The first-order valence-electron chi connectivity index (χ1n) is 11.1. The van der Waals surface area contributed by atoms with E-state index in [-0.39, 0.29) is 23.0 Å². The molecule has 1 aliphatic heterocycles. The monoisotopic (exact) mass is 458 g/mol. The smallest absolute Gasteiger partial charge is 0.338 e. The molecule has 0 bridgehead atoms. The Balaban J connectivity index is 1.75. The first kappa shape index (κ1) is 23.8. The summed E-state index contributed by atoms with van der Waals surface area (Å²) in [7, 11) is -3.88. The van der Waals surface area contributed by atoms with Crippen LogP contribution in [0, 0.1) is 0 Å². The second-order valence-electron chi connectivity index (χ2n) is 7.81. The Labute approximate surface area is 190 Å². The lowest BCUT2D eigenvalue weighted by Crippen LogP contribution is -2.38. The molecule has 0 N–H and O–H groups in total. The number of benzene rings is 2. The highest BCUT2D eigenvalue weighted by molar-refractivity contribution is 7.92. The van der Waals surface area contributed by atoms with Gasteiger partial charge in [0.05, 0.1) is 16.1 Å². The van der Waals surface area contributed by atoms with E-state index in [1.807, 2.05) is 13.0 Å². The van der Waals surface area contributed by atoms with Crippen molar-refractivity contribution in [1.29, 1.82) is 0 Å². The van der Waals surface area contributed by atoms with Crippen LogP contribution in [-0.2, 0) is 19.6 Å². The lowest BCUT2D eigenvalue weighted by atomic mass is 10.1. The third-order valence-electron chi connectivity index (χ3n) is 5.45. The molecule has 0 radical (unpaired) electrons. The van der Waals surface area contributed by atoms with Crippen LogP contribution < -0.4 is 4.31 Å². The summed E-state index contributed by atoms with van der Waals surface area (Å²) in [5.74, 6) is -0.941. The van der Waals surface area contributed by atoms with Crippen molar-refractivity contribution in [3.05, 3.63) is 60.2 Å². The third-order valence-corrected chi connectivity index (χ3v) is 7.28. The zero-order valence-electron chi connectivity index (χ0n) is 18.4. The van der Waals surface area contributed by atoms with E-state index in [4.69, 9.17) is 4.74 Å². The molecule has 1 fully saturated rings. The molecule has 0 saturated carbocycles. The normalized spacial score (nSPS) is 14.1. The van der Waals surface area contributed by atoms with Crippen LogP contribution in [0.4, 0.5) is 5.69 Å². The van der Waals surface area contributed by atoms with E-state index in [0.29, 0.717) is 31.7 Å². The summed E-state index contributed by atoms with van der Waals surface area (Å²) >= 11 is 0. The first-order valence-corrected chi connectivity index (χ1v) is 12.5. The molecule has 0 spiro atoms. The molecular formula is C24H30N2O5S. The quantitative estimate of drug-likeness (QED) is 0.533. The summed E-state index contributed by atoms with van der Waals surface area (Å²) in [6.45, 7) is 3.34. The summed E-state index contributed by atoms with van der Waals surface area (Å²) in [5, 5.41) is 0. The number of amides is 1. The van der Waals surface area contributed by atoms with Gasteiger partial charge in [0, 0.05) is 19.6 Å².